The molecule has 4 rings (SSSR count). The highest BCUT2D eigenvalue weighted by molar-refractivity contribution is 5.92. The van der Waals surface area contributed by atoms with Crippen LogP contribution in [0.25, 0.3) is 10.8 Å². The molecule has 0 aliphatic heterocycles. The number of benzene rings is 2. The van der Waals surface area contributed by atoms with E-state index in [4.69, 9.17) is 5.73 Å². The van der Waals surface area contributed by atoms with Gasteiger partial charge in [0.25, 0.3) is 0 Å². The third kappa shape index (κ3) is 3.31. The van der Waals surface area contributed by atoms with Gasteiger partial charge in [-0.05, 0) is 29.2 Å². The highest BCUT2D eigenvalue weighted by Crippen LogP contribution is 2.41. The van der Waals surface area contributed by atoms with Crippen molar-refractivity contribution in [2.24, 2.45) is 11.7 Å². The highest BCUT2D eigenvalue weighted by atomic mass is 16.2. The third-order valence-electron chi connectivity index (χ3n) is 5.02. The Morgan fingerprint density at radius 2 is 1.88 bits per heavy atom. The van der Waals surface area contributed by atoms with Crippen molar-refractivity contribution in [1.82, 2.24) is 10.2 Å². The molecule has 26 heavy (non-hydrogen) atoms. The van der Waals surface area contributed by atoms with Crippen molar-refractivity contribution in [3.05, 3.63) is 59.8 Å². The van der Waals surface area contributed by atoms with Crippen molar-refractivity contribution in [3.63, 3.8) is 0 Å². The van der Waals surface area contributed by atoms with Crippen molar-refractivity contribution in [2.75, 3.05) is 5.32 Å². The Morgan fingerprint density at radius 3 is 2.65 bits per heavy atom. The lowest BCUT2D eigenvalue weighted by Crippen LogP contribution is -2.33. The fourth-order valence-corrected chi connectivity index (χ4v) is 3.44. The molecule has 0 atom stereocenters. The minimum absolute atomic E-state index is 0.0470. The van der Waals surface area contributed by atoms with E-state index < -0.39 is 0 Å². The summed E-state index contributed by atoms with van der Waals surface area (Å²) in [6.07, 6.45) is 1.77. The summed E-state index contributed by atoms with van der Waals surface area (Å²) in [7, 11) is 0. The molecule has 2 amide bonds. The molecule has 0 spiro atoms. The molecule has 0 saturated heterocycles. The van der Waals surface area contributed by atoms with Gasteiger partial charge in [0.05, 0.1) is 6.42 Å². The number of primary amides is 1. The largest absolute Gasteiger partial charge is 0.369 e. The highest BCUT2D eigenvalue weighted by Gasteiger charge is 2.35. The average Bonchev–Trinajstić information content (AvgIpc) is 3.00. The Kier molecular flexibility index (Phi) is 4.16. The van der Waals surface area contributed by atoms with Gasteiger partial charge in [0.2, 0.25) is 11.8 Å². The normalized spacial score (nSPS) is 19.1. The summed E-state index contributed by atoms with van der Waals surface area (Å²) in [4.78, 5) is 23.4. The monoisotopic (exact) mass is 348 g/mol. The Labute approximate surface area is 150 Å². The van der Waals surface area contributed by atoms with Crippen LogP contribution in [0.2, 0.25) is 0 Å². The number of nitrogens with one attached hydrogen (secondary N) is 2. The molecule has 4 N–H and O–H groups in total. The Morgan fingerprint density at radius 1 is 1.12 bits per heavy atom. The summed E-state index contributed by atoms with van der Waals surface area (Å²) in [6, 6.07) is 15.9. The van der Waals surface area contributed by atoms with E-state index in [1.165, 1.54) is 0 Å². The molecule has 1 saturated carbocycles. The van der Waals surface area contributed by atoms with Gasteiger partial charge in [0.1, 0.15) is 0 Å². The summed E-state index contributed by atoms with van der Waals surface area (Å²) in [5.41, 5.74) is 7.19. The number of hydrogen-bond donors (Lipinski definition) is 3. The van der Waals surface area contributed by atoms with Crippen LogP contribution in [-0.2, 0) is 16.0 Å². The van der Waals surface area contributed by atoms with Gasteiger partial charge >= 0.3 is 0 Å². The first-order chi connectivity index (χ1) is 12.6. The Bertz CT molecular complexity index is 973. The standard InChI is InChI=1S/C20H20N4O2/c21-20(26)16-9-15(10-16)17-11-18(24-23-17)22-19(25)8-12-5-6-13-3-1-2-4-14(13)7-12/h1-7,11,15-16H,8-10H2,(H2,21,26)(H2,22,23,24,25). The lowest BCUT2D eigenvalue weighted by molar-refractivity contribution is -0.124. The molecule has 1 aromatic heterocycles. The van der Waals surface area contributed by atoms with Crippen LogP contribution in [0.5, 0.6) is 0 Å². The van der Waals surface area contributed by atoms with E-state index in [9.17, 15) is 9.59 Å². The molecule has 0 radical (unpaired) electrons. The molecule has 6 heteroatoms. The number of aromatic nitrogens is 2. The molecule has 1 heterocycles. The molecule has 6 nitrogen and oxygen atoms in total. The minimum Gasteiger partial charge on any atom is -0.369 e. The predicted octanol–water partition coefficient (Wildman–Crippen LogP) is 2.72. The molecule has 132 valence electrons. The van der Waals surface area contributed by atoms with Gasteiger partial charge < -0.3 is 11.1 Å². The van der Waals surface area contributed by atoms with Crippen LogP contribution in [0.15, 0.2) is 48.5 Å². The fraction of sp³-hybridized carbons (Fsp3) is 0.250. The van der Waals surface area contributed by atoms with Gasteiger partial charge in [-0.15, -0.1) is 0 Å². The van der Waals surface area contributed by atoms with Crippen LogP contribution >= 0.6 is 0 Å². The van der Waals surface area contributed by atoms with Gasteiger partial charge in [-0.25, -0.2) is 0 Å². The van der Waals surface area contributed by atoms with E-state index in [0.29, 0.717) is 12.2 Å². The quantitative estimate of drug-likeness (QED) is 0.661. The maximum Gasteiger partial charge on any atom is 0.229 e. The number of carbonyl (C=O) groups is 2. The van der Waals surface area contributed by atoms with Crippen LogP contribution in [0.3, 0.4) is 0 Å². The van der Waals surface area contributed by atoms with E-state index in [1.807, 2.05) is 48.5 Å². The summed E-state index contributed by atoms with van der Waals surface area (Å²) in [5, 5.41) is 12.2. The number of anilines is 1. The van der Waals surface area contributed by atoms with Crippen molar-refractivity contribution < 1.29 is 9.59 Å². The van der Waals surface area contributed by atoms with Crippen molar-refractivity contribution in [1.29, 1.82) is 0 Å². The number of hydrogen-bond acceptors (Lipinski definition) is 3. The van der Waals surface area contributed by atoms with Gasteiger partial charge in [0, 0.05) is 23.6 Å². The fourth-order valence-electron chi connectivity index (χ4n) is 3.44. The van der Waals surface area contributed by atoms with Crippen LogP contribution in [-0.4, -0.2) is 22.0 Å². The summed E-state index contributed by atoms with van der Waals surface area (Å²) in [6.45, 7) is 0. The lowest BCUT2D eigenvalue weighted by Gasteiger charge is -2.31. The number of fused-ring (bicyclic) bond motifs is 1. The molecular formula is C20H20N4O2. The lowest BCUT2D eigenvalue weighted by atomic mass is 9.73. The van der Waals surface area contributed by atoms with E-state index in [1.54, 1.807) is 0 Å². The molecule has 3 aromatic rings. The molecule has 1 aliphatic carbocycles. The number of carbonyl (C=O) groups excluding carboxylic acids is 2. The number of nitrogens with two attached hydrogens (primary N) is 1. The van der Waals surface area contributed by atoms with Gasteiger partial charge in [-0.3, -0.25) is 14.7 Å². The van der Waals surface area contributed by atoms with Crippen LogP contribution in [0, 0.1) is 5.92 Å². The van der Waals surface area contributed by atoms with E-state index >= 15 is 0 Å². The molecule has 0 unspecified atom stereocenters. The second-order valence-corrected chi connectivity index (χ2v) is 6.88. The van der Waals surface area contributed by atoms with Gasteiger partial charge in [-0.1, -0.05) is 42.5 Å². The van der Waals surface area contributed by atoms with E-state index in [0.717, 1.165) is 34.9 Å². The third-order valence-corrected chi connectivity index (χ3v) is 5.02. The Hall–Kier alpha value is -3.15. The second kappa shape index (κ2) is 6.63. The van der Waals surface area contributed by atoms with Gasteiger partial charge in [-0.2, -0.15) is 5.10 Å². The number of nitrogens with zero attached hydrogens (tertiary/aromatic N) is 1. The van der Waals surface area contributed by atoms with Crippen LogP contribution in [0.4, 0.5) is 5.82 Å². The van der Waals surface area contributed by atoms with Gasteiger partial charge in [0.15, 0.2) is 5.82 Å². The second-order valence-electron chi connectivity index (χ2n) is 6.88. The minimum atomic E-state index is -0.246. The summed E-state index contributed by atoms with van der Waals surface area (Å²) >= 11 is 0. The number of H-pyrrole nitrogens is 1. The summed E-state index contributed by atoms with van der Waals surface area (Å²) in [5.74, 6) is 0.361. The summed E-state index contributed by atoms with van der Waals surface area (Å²) < 4.78 is 0. The average molecular weight is 348 g/mol. The number of aromatic amines is 1. The zero-order valence-corrected chi connectivity index (χ0v) is 14.2. The van der Waals surface area contributed by atoms with Crippen molar-refractivity contribution in [2.45, 2.75) is 25.2 Å². The van der Waals surface area contributed by atoms with E-state index in [2.05, 4.69) is 15.5 Å². The molecule has 0 bridgehead atoms. The maximum atomic E-state index is 12.3. The first-order valence-corrected chi connectivity index (χ1v) is 8.70. The van der Waals surface area contributed by atoms with E-state index in [-0.39, 0.29) is 23.7 Å². The van der Waals surface area contributed by atoms with Crippen LogP contribution < -0.4 is 11.1 Å². The zero-order valence-electron chi connectivity index (χ0n) is 14.2. The molecule has 2 aromatic carbocycles. The van der Waals surface area contributed by atoms with Crippen molar-refractivity contribution in [3.8, 4) is 0 Å². The topological polar surface area (TPSA) is 101 Å². The van der Waals surface area contributed by atoms with Crippen molar-refractivity contribution >= 4 is 28.4 Å². The first-order valence-electron chi connectivity index (χ1n) is 8.70. The Balaban J connectivity index is 1.37. The predicted molar refractivity (Wildman–Crippen MR) is 99.5 cm³/mol. The SMILES string of the molecule is NC(=O)C1CC(c2cc(NC(=O)Cc3ccc4ccccc4c3)n[nH]2)C1. The first kappa shape index (κ1) is 16.3. The molecule has 1 aliphatic rings. The zero-order chi connectivity index (χ0) is 18.1. The molecule has 1 fully saturated rings. The maximum absolute atomic E-state index is 12.3. The molecular weight excluding hydrogens is 328 g/mol. The van der Waals surface area contributed by atoms with Crippen LogP contribution in [0.1, 0.15) is 30.0 Å². The smallest absolute Gasteiger partial charge is 0.229 e. The number of rotatable bonds is 5. The number of amides is 2.